The second-order valence-electron chi connectivity index (χ2n) is 6.58. The van der Waals surface area contributed by atoms with E-state index in [0.717, 1.165) is 33.7 Å². The molecular weight excluding hydrogens is 296 g/mol. The zero-order valence-electron chi connectivity index (χ0n) is 14.0. The maximum atomic E-state index is 4.69. The molecule has 0 aliphatic heterocycles. The maximum Gasteiger partial charge on any atom is 0.223 e. The van der Waals surface area contributed by atoms with Gasteiger partial charge in [0, 0.05) is 35.1 Å². The monoisotopic (exact) mass is 318 g/mol. The molecule has 3 aromatic rings. The molecule has 1 fully saturated rings. The standard InChI is InChI=1S/C20H22N4/c1-14-18(8-5-11-21-14)15-9-10-19-16(12-15)13-22-20(24-19)23-17-6-3-2-4-7-17/h5,8-13,17H,2-4,6-7H2,1H3,(H,22,23,24). The molecule has 1 aliphatic rings. The van der Waals surface area contributed by atoms with Gasteiger partial charge < -0.3 is 5.32 Å². The summed E-state index contributed by atoms with van der Waals surface area (Å²) in [5.74, 6) is 0.750. The Hall–Kier alpha value is -2.49. The van der Waals surface area contributed by atoms with Crippen LogP contribution in [-0.4, -0.2) is 21.0 Å². The van der Waals surface area contributed by atoms with Crippen LogP contribution >= 0.6 is 0 Å². The van der Waals surface area contributed by atoms with Crippen LogP contribution in [0.2, 0.25) is 0 Å². The molecule has 2 aromatic heterocycles. The van der Waals surface area contributed by atoms with Crippen molar-refractivity contribution < 1.29 is 0 Å². The van der Waals surface area contributed by atoms with Crippen LogP contribution in [0.1, 0.15) is 37.8 Å². The maximum absolute atomic E-state index is 4.69. The number of fused-ring (bicyclic) bond motifs is 1. The molecule has 122 valence electrons. The molecular formula is C20H22N4. The van der Waals surface area contributed by atoms with Gasteiger partial charge in [0.2, 0.25) is 5.95 Å². The normalized spacial score (nSPS) is 15.5. The van der Waals surface area contributed by atoms with Crippen molar-refractivity contribution in [3.63, 3.8) is 0 Å². The average molecular weight is 318 g/mol. The molecule has 0 unspecified atom stereocenters. The van der Waals surface area contributed by atoms with E-state index >= 15 is 0 Å². The topological polar surface area (TPSA) is 50.7 Å². The summed E-state index contributed by atoms with van der Waals surface area (Å²) in [6.45, 7) is 2.03. The first-order valence-corrected chi connectivity index (χ1v) is 8.75. The van der Waals surface area contributed by atoms with Gasteiger partial charge in [0.05, 0.1) is 5.52 Å². The van der Waals surface area contributed by atoms with Gasteiger partial charge in [-0.15, -0.1) is 0 Å². The minimum atomic E-state index is 0.522. The quantitative estimate of drug-likeness (QED) is 0.757. The zero-order valence-corrected chi connectivity index (χ0v) is 14.0. The minimum absolute atomic E-state index is 0.522. The van der Waals surface area contributed by atoms with E-state index < -0.39 is 0 Å². The zero-order chi connectivity index (χ0) is 16.4. The number of hydrogen-bond acceptors (Lipinski definition) is 4. The van der Waals surface area contributed by atoms with Crippen LogP contribution < -0.4 is 5.32 Å². The Morgan fingerprint density at radius 2 is 1.92 bits per heavy atom. The van der Waals surface area contributed by atoms with Gasteiger partial charge in [-0.2, -0.15) is 0 Å². The van der Waals surface area contributed by atoms with Gasteiger partial charge in [-0.25, -0.2) is 9.97 Å². The van der Waals surface area contributed by atoms with E-state index in [1.165, 1.54) is 32.1 Å². The summed E-state index contributed by atoms with van der Waals surface area (Å²) in [4.78, 5) is 13.6. The molecule has 1 aliphatic carbocycles. The summed E-state index contributed by atoms with van der Waals surface area (Å²) in [6.07, 6.45) is 10.2. The molecule has 0 amide bonds. The van der Waals surface area contributed by atoms with Crippen molar-refractivity contribution >= 4 is 16.9 Å². The van der Waals surface area contributed by atoms with Gasteiger partial charge in [0.1, 0.15) is 0 Å². The fraction of sp³-hybridized carbons (Fsp3) is 0.350. The van der Waals surface area contributed by atoms with E-state index in [4.69, 9.17) is 0 Å². The summed E-state index contributed by atoms with van der Waals surface area (Å²) in [5.41, 5.74) is 4.33. The van der Waals surface area contributed by atoms with Crippen LogP contribution in [-0.2, 0) is 0 Å². The van der Waals surface area contributed by atoms with Crippen LogP contribution in [0, 0.1) is 6.92 Å². The number of nitrogens with one attached hydrogen (secondary N) is 1. The summed E-state index contributed by atoms with van der Waals surface area (Å²) >= 11 is 0. The third-order valence-electron chi connectivity index (χ3n) is 4.84. The van der Waals surface area contributed by atoms with Crippen molar-refractivity contribution in [2.24, 2.45) is 0 Å². The summed E-state index contributed by atoms with van der Waals surface area (Å²) in [7, 11) is 0. The number of aryl methyl sites for hydroxylation is 1. The lowest BCUT2D eigenvalue weighted by Crippen LogP contribution is -2.23. The third kappa shape index (κ3) is 3.09. The lowest BCUT2D eigenvalue weighted by atomic mass is 9.96. The lowest BCUT2D eigenvalue weighted by molar-refractivity contribution is 0.461. The highest BCUT2D eigenvalue weighted by atomic mass is 15.1. The van der Waals surface area contributed by atoms with Crippen molar-refractivity contribution in [3.05, 3.63) is 48.4 Å². The minimum Gasteiger partial charge on any atom is -0.351 e. The molecule has 1 aromatic carbocycles. The number of benzene rings is 1. The molecule has 0 spiro atoms. The molecule has 0 radical (unpaired) electrons. The number of aromatic nitrogens is 3. The van der Waals surface area contributed by atoms with Crippen molar-refractivity contribution in [2.75, 3.05) is 5.32 Å². The van der Waals surface area contributed by atoms with Gasteiger partial charge >= 0.3 is 0 Å². The number of anilines is 1. The van der Waals surface area contributed by atoms with Crippen LogP contribution in [0.5, 0.6) is 0 Å². The van der Waals surface area contributed by atoms with Gasteiger partial charge in [-0.05, 0) is 43.5 Å². The predicted octanol–water partition coefficient (Wildman–Crippen LogP) is 4.74. The summed E-state index contributed by atoms with van der Waals surface area (Å²) in [5, 5.41) is 4.56. The number of pyridine rings is 1. The molecule has 0 atom stereocenters. The Bertz CT molecular complexity index is 853. The first-order chi connectivity index (χ1) is 11.8. The molecule has 4 nitrogen and oxygen atoms in total. The van der Waals surface area contributed by atoms with Gasteiger partial charge in [0.25, 0.3) is 0 Å². The Morgan fingerprint density at radius 3 is 2.75 bits per heavy atom. The van der Waals surface area contributed by atoms with Crippen molar-refractivity contribution in [1.82, 2.24) is 15.0 Å². The van der Waals surface area contributed by atoms with Crippen molar-refractivity contribution in [3.8, 4) is 11.1 Å². The van der Waals surface area contributed by atoms with E-state index in [1.54, 1.807) is 0 Å². The van der Waals surface area contributed by atoms with E-state index in [9.17, 15) is 0 Å². The highest BCUT2D eigenvalue weighted by Crippen LogP contribution is 2.26. The molecule has 1 saturated carbocycles. The van der Waals surface area contributed by atoms with Crippen LogP contribution in [0.4, 0.5) is 5.95 Å². The van der Waals surface area contributed by atoms with E-state index in [0.29, 0.717) is 6.04 Å². The molecule has 24 heavy (non-hydrogen) atoms. The molecule has 4 rings (SSSR count). The first-order valence-electron chi connectivity index (χ1n) is 8.75. The fourth-order valence-corrected chi connectivity index (χ4v) is 3.49. The van der Waals surface area contributed by atoms with Gasteiger partial charge in [-0.1, -0.05) is 31.4 Å². The SMILES string of the molecule is Cc1ncccc1-c1ccc2nc(NC3CCCCC3)ncc2c1. The highest BCUT2D eigenvalue weighted by Gasteiger charge is 2.14. The number of nitrogens with zero attached hydrogens (tertiary/aromatic N) is 3. The first kappa shape index (κ1) is 15.1. The number of rotatable bonds is 3. The predicted molar refractivity (Wildman–Crippen MR) is 98.0 cm³/mol. The Morgan fingerprint density at radius 1 is 1.04 bits per heavy atom. The van der Waals surface area contributed by atoms with Gasteiger partial charge in [-0.3, -0.25) is 4.98 Å². The Labute approximate surface area is 142 Å². The molecule has 2 heterocycles. The van der Waals surface area contributed by atoms with E-state index in [-0.39, 0.29) is 0 Å². The third-order valence-corrected chi connectivity index (χ3v) is 4.84. The molecule has 0 bridgehead atoms. The second kappa shape index (κ2) is 6.56. The average Bonchev–Trinajstić information content (AvgIpc) is 2.63. The lowest BCUT2D eigenvalue weighted by Gasteiger charge is -2.22. The Balaban J connectivity index is 1.62. The van der Waals surface area contributed by atoms with Crippen LogP contribution in [0.3, 0.4) is 0 Å². The van der Waals surface area contributed by atoms with Crippen molar-refractivity contribution in [1.29, 1.82) is 0 Å². The smallest absolute Gasteiger partial charge is 0.223 e. The number of hydrogen-bond donors (Lipinski definition) is 1. The summed E-state index contributed by atoms with van der Waals surface area (Å²) < 4.78 is 0. The van der Waals surface area contributed by atoms with Gasteiger partial charge in [0.15, 0.2) is 0 Å². The fourth-order valence-electron chi connectivity index (χ4n) is 3.49. The highest BCUT2D eigenvalue weighted by molar-refractivity contribution is 5.84. The molecule has 4 heteroatoms. The second-order valence-corrected chi connectivity index (χ2v) is 6.58. The summed E-state index contributed by atoms with van der Waals surface area (Å²) in [6, 6.07) is 10.9. The Kier molecular flexibility index (Phi) is 4.11. The van der Waals surface area contributed by atoms with Crippen LogP contribution in [0.15, 0.2) is 42.7 Å². The molecule has 0 saturated heterocycles. The van der Waals surface area contributed by atoms with Crippen LogP contribution in [0.25, 0.3) is 22.0 Å². The van der Waals surface area contributed by atoms with E-state index in [1.807, 2.05) is 25.4 Å². The van der Waals surface area contributed by atoms with E-state index in [2.05, 4.69) is 44.5 Å². The van der Waals surface area contributed by atoms with Crippen molar-refractivity contribution in [2.45, 2.75) is 45.1 Å². The largest absolute Gasteiger partial charge is 0.351 e. The molecule has 1 N–H and O–H groups in total.